The molecule has 2 rings (SSSR count). The monoisotopic (exact) mass is 163 g/mol. The molecule has 1 aliphatic heterocycles. The zero-order valence-electron chi connectivity index (χ0n) is 7.22. The van der Waals surface area contributed by atoms with Gasteiger partial charge in [0.1, 0.15) is 0 Å². The van der Waals surface area contributed by atoms with E-state index in [1.165, 1.54) is 11.1 Å². The van der Waals surface area contributed by atoms with E-state index in [9.17, 15) is 0 Å². The number of nitrogens with one attached hydrogen (secondary N) is 2. The summed E-state index contributed by atoms with van der Waals surface area (Å²) < 4.78 is 0. The molecule has 0 amide bonds. The van der Waals surface area contributed by atoms with Crippen LogP contribution >= 0.6 is 0 Å². The van der Waals surface area contributed by atoms with E-state index < -0.39 is 0 Å². The van der Waals surface area contributed by atoms with Gasteiger partial charge in [-0.25, -0.2) is 0 Å². The first-order chi connectivity index (χ1) is 5.88. The van der Waals surface area contributed by atoms with Crippen molar-refractivity contribution in [2.24, 2.45) is 0 Å². The third-order valence-electron chi connectivity index (χ3n) is 2.20. The van der Waals surface area contributed by atoms with E-state index in [4.69, 9.17) is 0 Å². The van der Waals surface area contributed by atoms with Gasteiger partial charge in [-0.3, -0.25) is 5.10 Å². The summed E-state index contributed by atoms with van der Waals surface area (Å²) in [4.78, 5) is 0. The van der Waals surface area contributed by atoms with Gasteiger partial charge in [-0.1, -0.05) is 6.08 Å². The van der Waals surface area contributed by atoms with Crippen molar-refractivity contribution in [2.45, 2.75) is 13.3 Å². The maximum atomic E-state index is 4.10. The number of hydrogen-bond donors (Lipinski definition) is 2. The van der Waals surface area contributed by atoms with Crippen LogP contribution in [0.1, 0.15) is 17.7 Å². The Labute approximate surface area is 71.9 Å². The van der Waals surface area contributed by atoms with Crippen molar-refractivity contribution in [1.82, 2.24) is 15.5 Å². The summed E-state index contributed by atoms with van der Waals surface area (Å²) in [5, 5.41) is 10.3. The van der Waals surface area contributed by atoms with Crippen LogP contribution in [0.5, 0.6) is 0 Å². The van der Waals surface area contributed by atoms with Crippen molar-refractivity contribution in [3.05, 3.63) is 23.5 Å². The molecule has 0 unspecified atom stereocenters. The number of aromatic nitrogens is 2. The summed E-state index contributed by atoms with van der Waals surface area (Å²) in [6.07, 6.45) is 5.38. The molecule has 0 fully saturated rings. The maximum Gasteiger partial charge on any atom is 0.0666 e. The molecule has 0 bridgehead atoms. The quantitative estimate of drug-likeness (QED) is 0.650. The first-order valence-electron chi connectivity index (χ1n) is 4.28. The highest BCUT2D eigenvalue weighted by Crippen LogP contribution is 2.17. The Morgan fingerprint density at radius 3 is 3.00 bits per heavy atom. The lowest BCUT2D eigenvalue weighted by Gasteiger charge is -2.13. The standard InChI is InChI=1S/C9H13N3/c1-7-9(6-11-12-7)8-3-2-4-10-5-8/h3,6,10H,2,4-5H2,1H3,(H,11,12). The molecule has 0 aromatic carbocycles. The van der Waals surface area contributed by atoms with Crippen LogP contribution < -0.4 is 5.32 Å². The molecule has 1 aromatic heterocycles. The molecule has 0 spiro atoms. The summed E-state index contributed by atoms with van der Waals surface area (Å²) in [7, 11) is 0. The summed E-state index contributed by atoms with van der Waals surface area (Å²) in [6.45, 7) is 4.10. The van der Waals surface area contributed by atoms with Gasteiger partial charge >= 0.3 is 0 Å². The predicted octanol–water partition coefficient (Wildman–Crippen LogP) is 1.09. The number of H-pyrrole nitrogens is 1. The van der Waals surface area contributed by atoms with Gasteiger partial charge in [0, 0.05) is 18.3 Å². The van der Waals surface area contributed by atoms with Crippen LogP contribution in [0.4, 0.5) is 0 Å². The van der Waals surface area contributed by atoms with Gasteiger partial charge in [-0.15, -0.1) is 0 Å². The van der Waals surface area contributed by atoms with Crippen LogP contribution in [0.3, 0.4) is 0 Å². The Morgan fingerprint density at radius 2 is 2.42 bits per heavy atom. The molecular formula is C9H13N3. The number of aryl methyl sites for hydroxylation is 1. The minimum atomic E-state index is 0.973. The molecule has 0 saturated carbocycles. The second kappa shape index (κ2) is 3.11. The van der Waals surface area contributed by atoms with Crippen molar-refractivity contribution in [3.8, 4) is 0 Å². The third-order valence-corrected chi connectivity index (χ3v) is 2.20. The highest BCUT2D eigenvalue weighted by atomic mass is 15.1. The first kappa shape index (κ1) is 7.55. The van der Waals surface area contributed by atoms with Crippen LogP contribution in [-0.4, -0.2) is 23.3 Å². The molecule has 0 saturated heterocycles. The van der Waals surface area contributed by atoms with Crippen molar-refractivity contribution < 1.29 is 0 Å². The van der Waals surface area contributed by atoms with Gasteiger partial charge in [-0.05, 0) is 25.5 Å². The third kappa shape index (κ3) is 1.28. The minimum Gasteiger partial charge on any atom is -0.312 e. The molecule has 12 heavy (non-hydrogen) atoms. The topological polar surface area (TPSA) is 40.7 Å². The van der Waals surface area contributed by atoms with Gasteiger partial charge in [0.25, 0.3) is 0 Å². The molecule has 1 aromatic rings. The van der Waals surface area contributed by atoms with Crippen LogP contribution in [0.2, 0.25) is 0 Å². The fraction of sp³-hybridized carbons (Fsp3) is 0.444. The smallest absolute Gasteiger partial charge is 0.0666 e. The largest absolute Gasteiger partial charge is 0.312 e. The van der Waals surface area contributed by atoms with Gasteiger partial charge in [0.2, 0.25) is 0 Å². The molecule has 1 aliphatic rings. The van der Waals surface area contributed by atoms with Crippen molar-refractivity contribution >= 4 is 5.57 Å². The van der Waals surface area contributed by atoms with E-state index in [2.05, 4.69) is 21.6 Å². The second-order valence-corrected chi connectivity index (χ2v) is 3.08. The van der Waals surface area contributed by atoms with Crippen LogP contribution in [0.15, 0.2) is 12.3 Å². The van der Waals surface area contributed by atoms with E-state index >= 15 is 0 Å². The normalized spacial score (nSPS) is 17.6. The van der Waals surface area contributed by atoms with Crippen molar-refractivity contribution in [1.29, 1.82) is 0 Å². The van der Waals surface area contributed by atoms with E-state index in [1.807, 2.05) is 13.1 Å². The summed E-state index contributed by atoms with van der Waals surface area (Å²) in [5.41, 5.74) is 3.71. The van der Waals surface area contributed by atoms with E-state index in [1.54, 1.807) is 0 Å². The summed E-state index contributed by atoms with van der Waals surface area (Å²) >= 11 is 0. The Hall–Kier alpha value is -1.09. The molecule has 0 aliphatic carbocycles. The molecule has 0 radical (unpaired) electrons. The summed E-state index contributed by atoms with van der Waals surface area (Å²) in [5.74, 6) is 0. The zero-order chi connectivity index (χ0) is 8.39. The molecule has 2 heterocycles. The molecular weight excluding hydrogens is 150 g/mol. The molecule has 64 valence electrons. The van der Waals surface area contributed by atoms with Gasteiger partial charge in [-0.2, -0.15) is 5.10 Å². The number of hydrogen-bond acceptors (Lipinski definition) is 2. The van der Waals surface area contributed by atoms with Crippen LogP contribution in [0.25, 0.3) is 5.57 Å². The fourth-order valence-electron chi connectivity index (χ4n) is 1.53. The second-order valence-electron chi connectivity index (χ2n) is 3.08. The lowest BCUT2D eigenvalue weighted by atomic mass is 10.0. The zero-order valence-corrected chi connectivity index (χ0v) is 7.22. The lowest BCUT2D eigenvalue weighted by Crippen LogP contribution is -2.21. The van der Waals surface area contributed by atoms with Gasteiger partial charge in [0.05, 0.1) is 5.69 Å². The lowest BCUT2D eigenvalue weighted by molar-refractivity contribution is 0.739. The van der Waals surface area contributed by atoms with Gasteiger partial charge < -0.3 is 5.32 Å². The van der Waals surface area contributed by atoms with Crippen molar-refractivity contribution in [2.75, 3.05) is 13.1 Å². The van der Waals surface area contributed by atoms with Crippen molar-refractivity contribution in [3.63, 3.8) is 0 Å². The number of aromatic amines is 1. The highest BCUT2D eigenvalue weighted by Gasteiger charge is 2.08. The fourth-order valence-corrected chi connectivity index (χ4v) is 1.53. The summed E-state index contributed by atoms with van der Waals surface area (Å²) in [6, 6.07) is 0. The first-order valence-corrected chi connectivity index (χ1v) is 4.28. The predicted molar refractivity (Wildman–Crippen MR) is 48.8 cm³/mol. The highest BCUT2D eigenvalue weighted by molar-refractivity contribution is 5.68. The number of rotatable bonds is 1. The Bertz CT molecular complexity index is 298. The molecule has 0 atom stereocenters. The Morgan fingerprint density at radius 1 is 1.50 bits per heavy atom. The average molecular weight is 163 g/mol. The Kier molecular flexibility index (Phi) is 1.96. The minimum absolute atomic E-state index is 0.973. The maximum absolute atomic E-state index is 4.10. The molecule has 3 nitrogen and oxygen atoms in total. The number of nitrogens with zero attached hydrogens (tertiary/aromatic N) is 1. The average Bonchev–Trinajstić information content (AvgIpc) is 2.53. The van der Waals surface area contributed by atoms with Crippen LogP contribution in [-0.2, 0) is 0 Å². The molecule has 3 heteroatoms. The van der Waals surface area contributed by atoms with E-state index in [0.29, 0.717) is 0 Å². The Balaban J connectivity index is 2.29. The van der Waals surface area contributed by atoms with Gasteiger partial charge in [0.15, 0.2) is 0 Å². The van der Waals surface area contributed by atoms with E-state index in [-0.39, 0.29) is 0 Å². The van der Waals surface area contributed by atoms with Crippen LogP contribution in [0, 0.1) is 6.92 Å². The SMILES string of the molecule is Cc1n[nH]cc1C1=CCCNC1. The molecule has 2 N–H and O–H groups in total. The van der Waals surface area contributed by atoms with E-state index in [0.717, 1.165) is 25.2 Å².